The van der Waals surface area contributed by atoms with Crippen LogP contribution in [0.5, 0.6) is 0 Å². The quantitative estimate of drug-likeness (QED) is 0.619. The minimum atomic E-state index is -3.40. The Kier molecular flexibility index (Phi) is 8.09. The number of hydrogen-bond donors (Lipinski definition) is 1. The summed E-state index contributed by atoms with van der Waals surface area (Å²) in [4.78, 5) is 14.5. The average Bonchev–Trinajstić information content (AvgIpc) is 2.75. The number of rotatable bonds is 8. The van der Waals surface area contributed by atoms with Crippen LogP contribution in [0, 0.1) is 0 Å². The van der Waals surface area contributed by atoms with Crippen molar-refractivity contribution in [2.75, 3.05) is 19.4 Å². The van der Waals surface area contributed by atoms with Crippen LogP contribution in [-0.2, 0) is 21.2 Å². The first-order valence-corrected chi connectivity index (χ1v) is 12.8. The zero-order valence-electron chi connectivity index (χ0n) is 18.3. The van der Waals surface area contributed by atoms with E-state index in [1.54, 1.807) is 4.90 Å². The molecule has 1 saturated heterocycles. The maximum absolute atomic E-state index is 12.8. The topological polar surface area (TPSA) is 75.7 Å². The molecule has 0 saturated carbocycles. The highest BCUT2D eigenvalue weighted by molar-refractivity contribution is 7.88. The predicted octanol–water partition coefficient (Wildman–Crippen LogP) is 4.22. The van der Waals surface area contributed by atoms with Gasteiger partial charge in [-0.25, -0.2) is 17.9 Å². The second-order valence-electron chi connectivity index (χ2n) is 8.14. The SMILES string of the molecule is CCCCOC(=O)N1CCC[C@@H](NS(C)(=O)=O)[C@H]1Cc1cccc(-c2ccccc2)c1. The molecule has 1 N–H and O–H groups in total. The monoisotopic (exact) mass is 444 g/mol. The predicted molar refractivity (Wildman–Crippen MR) is 123 cm³/mol. The van der Waals surface area contributed by atoms with Crippen LogP contribution in [-0.4, -0.2) is 50.9 Å². The van der Waals surface area contributed by atoms with E-state index >= 15 is 0 Å². The third-order valence-electron chi connectivity index (χ3n) is 5.58. The van der Waals surface area contributed by atoms with Crippen LogP contribution in [0.15, 0.2) is 54.6 Å². The van der Waals surface area contributed by atoms with Gasteiger partial charge < -0.3 is 9.64 Å². The number of benzene rings is 2. The Labute approximate surface area is 185 Å². The van der Waals surface area contributed by atoms with Crippen molar-refractivity contribution in [1.29, 1.82) is 0 Å². The molecule has 168 valence electrons. The Balaban J connectivity index is 1.85. The van der Waals surface area contributed by atoms with Gasteiger partial charge in [-0.05, 0) is 42.4 Å². The lowest BCUT2D eigenvalue weighted by atomic mass is 9.90. The molecular weight excluding hydrogens is 412 g/mol. The van der Waals surface area contributed by atoms with Gasteiger partial charge in [-0.3, -0.25) is 0 Å². The molecule has 0 radical (unpaired) electrons. The van der Waals surface area contributed by atoms with Gasteiger partial charge in [0.1, 0.15) is 0 Å². The minimum absolute atomic E-state index is 0.302. The molecule has 31 heavy (non-hydrogen) atoms. The third-order valence-corrected chi connectivity index (χ3v) is 6.31. The van der Waals surface area contributed by atoms with Crippen LogP contribution >= 0.6 is 0 Å². The highest BCUT2D eigenvalue weighted by Crippen LogP contribution is 2.26. The molecule has 0 aromatic heterocycles. The summed E-state index contributed by atoms with van der Waals surface area (Å²) in [5.41, 5.74) is 3.27. The zero-order chi connectivity index (χ0) is 22.3. The number of likely N-dealkylation sites (tertiary alicyclic amines) is 1. The van der Waals surface area contributed by atoms with Gasteiger partial charge in [0, 0.05) is 12.6 Å². The van der Waals surface area contributed by atoms with Crippen molar-refractivity contribution < 1.29 is 17.9 Å². The van der Waals surface area contributed by atoms with Crippen molar-refractivity contribution in [3.05, 3.63) is 60.2 Å². The molecule has 1 heterocycles. The molecule has 0 aliphatic carbocycles. The van der Waals surface area contributed by atoms with E-state index in [0.717, 1.165) is 36.0 Å². The molecule has 0 unspecified atom stereocenters. The van der Waals surface area contributed by atoms with Crippen LogP contribution in [0.1, 0.15) is 38.2 Å². The molecule has 1 aliphatic rings. The molecule has 2 atom stereocenters. The van der Waals surface area contributed by atoms with E-state index in [-0.39, 0.29) is 18.2 Å². The highest BCUT2D eigenvalue weighted by Gasteiger charge is 2.36. The van der Waals surface area contributed by atoms with Crippen LogP contribution in [0.2, 0.25) is 0 Å². The number of carbonyl (C=O) groups is 1. The molecule has 2 aromatic rings. The Hall–Kier alpha value is -2.38. The Morgan fingerprint density at radius 3 is 2.58 bits per heavy atom. The van der Waals surface area contributed by atoms with E-state index < -0.39 is 10.0 Å². The number of nitrogens with zero attached hydrogens (tertiary/aromatic N) is 1. The first-order chi connectivity index (χ1) is 14.9. The number of amides is 1. The van der Waals surface area contributed by atoms with Gasteiger partial charge in [-0.2, -0.15) is 0 Å². The van der Waals surface area contributed by atoms with Gasteiger partial charge in [0.15, 0.2) is 0 Å². The summed E-state index contributed by atoms with van der Waals surface area (Å²) in [5.74, 6) is 0. The van der Waals surface area contributed by atoms with E-state index in [9.17, 15) is 13.2 Å². The minimum Gasteiger partial charge on any atom is -0.449 e. The normalized spacial score (nSPS) is 19.2. The molecule has 0 bridgehead atoms. The lowest BCUT2D eigenvalue weighted by Crippen LogP contribution is -2.57. The number of ether oxygens (including phenoxy) is 1. The fourth-order valence-corrected chi connectivity index (χ4v) is 4.91. The lowest BCUT2D eigenvalue weighted by Gasteiger charge is -2.40. The third kappa shape index (κ3) is 6.80. The second-order valence-corrected chi connectivity index (χ2v) is 9.92. The molecule has 1 fully saturated rings. The van der Waals surface area contributed by atoms with Crippen molar-refractivity contribution in [2.24, 2.45) is 0 Å². The van der Waals surface area contributed by atoms with Gasteiger partial charge in [0.2, 0.25) is 10.0 Å². The molecule has 7 heteroatoms. The highest BCUT2D eigenvalue weighted by atomic mass is 32.2. The van der Waals surface area contributed by atoms with E-state index in [0.29, 0.717) is 26.0 Å². The molecule has 2 aromatic carbocycles. The number of hydrogen-bond acceptors (Lipinski definition) is 4. The summed E-state index contributed by atoms with van der Waals surface area (Å²) in [7, 11) is -3.40. The standard InChI is InChI=1S/C24H32N2O4S/c1-3-4-16-30-24(27)26-15-9-14-22(25-31(2,28)29)23(26)18-19-10-8-13-21(17-19)20-11-6-5-7-12-20/h5-8,10-13,17,22-23,25H,3-4,9,14-16,18H2,1-2H3/t22-,23-/m1/s1. The molecule has 6 nitrogen and oxygen atoms in total. The van der Waals surface area contributed by atoms with Gasteiger partial charge in [-0.1, -0.05) is 67.9 Å². The van der Waals surface area contributed by atoms with Crippen LogP contribution in [0.25, 0.3) is 11.1 Å². The molecular formula is C24H32N2O4S. The van der Waals surface area contributed by atoms with Gasteiger partial charge in [0.05, 0.1) is 18.9 Å². The van der Waals surface area contributed by atoms with E-state index in [1.807, 2.05) is 37.3 Å². The number of carbonyl (C=O) groups excluding carboxylic acids is 1. The zero-order valence-corrected chi connectivity index (χ0v) is 19.1. The summed E-state index contributed by atoms with van der Waals surface area (Å²) in [6.45, 7) is 2.99. The number of unbranched alkanes of at least 4 members (excludes halogenated alkanes) is 1. The van der Waals surface area contributed by atoms with Crippen LogP contribution < -0.4 is 4.72 Å². The summed E-state index contributed by atoms with van der Waals surface area (Å²) >= 11 is 0. The fourth-order valence-electron chi connectivity index (χ4n) is 4.09. The van der Waals surface area contributed by atoms with Crippen molar-refractivity contribution >= 4 is 16.1 Å². The smallest absolute Gasteiger partial charge is 0.410 e. The first-order valence-electron chi connectivity index (χ1n) is 10.9. The van der Waals surface area contributed by atoms with Crippen molar-refractivity contribution in [3.8, 4) is 11.1 Å². The molecule has 1 amide bonds. The largest absolute Gasteiger partial charge is 0.449 e. The molecule has 3 rings (SSSR count). The number of sulfonamides is 1. The number of nitrogens with one attached hydrogen (secondary N) is 1. The van der Waals surface area contributed by atoms with Crippen LogP contribution in [0.3, 0.4) is 0 Å². The maximum atomic E-state index is 12.8. The molecule has 0 spiro atoms. The first kappa shape index (κ1) is 23.3. The lowest BCUT2D eigenvalue weighted by molar-refractivity contribution is 0.0638. The average molecular weight is 445 g/mol. The number of piperidine rings is 1. The summed E-state index contributed by atoms with van der Waals surface area (Å²) in [6, 6.07) is 17.7. The van der Waals surface area contributed by atoms with Crippen molar-refractivity contribution in [2.45, 2.75) is 51.1 Å². The van der Waals surface area contributed by atoms with Crippen molar-refractivity contribution in [3.63, 3.8) is 0 Å². The van der Waals surface area contributed by atoms with E-state index in [1.165, 1.54) is 6.26 Å². The van der Waals surface area contributed by atoms with Crippen LogP contribution in [0.4, 0.5) is 4.79 Å². The van der Waals surface area contributed by atoms with Crippen molar-refractivity contribution in [1.82, 2.24) is 9.62 Å². The molecule has 1 aliphatic heterocycles. The van der Waals surface area contributed by atoms with E-state index in [4.69, 9.17) is 4.74 Å². The van der Waals surface area contributed by atoms with Gasteiger partial charge in [-0.15, -0.1) is 0 Å². The second kappa shape index (κ2) is 10.8. The van der Waals surface area contributed by atoms with Gasteiger partial charge >= 0.3 is 6.09 Å². The Morgan fingerprint density at radius 2 is 1.87 bits per heavy atom. The Morgan fingerprint density at radius 1 is 1.13 bits per heavy atom. The fraction of sp³-hybridized carbons (Fsp3) is 0.458. The summed E-state index contributed by atoms with van der Waals surface area (Å²) in [6.07, 6.45) is 4.54. The van der Waals surface area contributed by atoms with Gasteiger partial charge in [0.25, 0.3) is 0 Å². The maximum Gasteiger partial charge on any atom is 0.410 e. The summed E-state index contributed by atoms with van der Waals surface area (Å²) in [5, 5.41) is 0. The van der Waals surface area contributed by atoms with E-state index in [2.05, 4.69) is 29.0 Å². The Bertz CT molecular complexity index is 963. The summed E-state index contributed by atoms with van der Waals surface area (Å²) < 4.78 is 32.2.